The molecular formula is C22H17N5O2. The van der Waals surface area contributed by atoms with Crippen LogP contribution < -0.4 is 4.74 Å². The Bertz CT molecular complexity index is 1340. The highest BCUT2D eigenvalue weighted by atomic mass is 16.5. The summed E-state index contributed by atoms with van der Waals surface area (Å²) in [5, 5.41) is 8.41. The van der Waals surface area contributed by atoms with Gasteiger partial charge in [0.1, 0.15) is 5.69 Å². The van der Waals surface area contributed by atoms with Crippen LogP contribution in [0.5, 0.6) is 5.88 Å². The van der Waals surface area contributed by atoms with Gasteiger partial charge in [-0.15, -0.1) is 0 Å². The Morgan fingerprint density at radius 1 is 1.07 bits per heavy atom. The quantitative estimate of drug-likeness (QED) is 0.448. The molecule has 2 aromatic carbocycles. The Kier molecular flexibility index (Phi) is 4.05. The van der Waals surface area contributed by atoms with Gasteiger partial charge >= 0.3 is 0 Å². The van der Waals surface area contributed by atoms with Crippen LogP contribution in [0, 0.1) is 0 Å². The summed E-state index contributed by atoms with van der Waals surface area (Å²) >= 11 is 0. The van der Waals surface area contributed by atoms with Gasteiger partial charge in [0, 0.05) is 29.6 Å². The second-order valence-corrected chi connectivity index (χ2v) is 6.74. The molecule has 0 saturated heterocycles. The summed E-state index contributed by atoms with van der Waals surface area (Å²) in [6.45, 7) is 0. The van der Waals surface area contributed by atoms with Crippen LogP contribution >= 0.6 is 0 Å². The van der Waals surface area contributed by atoms with Gasteiger partial charge in [0.15, 0.2) is 5.82 Å². The molecule has 7 heteroatoms. The van der Waals surface area contributed by atoms with Crippen molar-refractivity contribution in [1.29, 1.82) is 0 Å². The van der Waals surface area contributed by atoms with E-state index in [1.165, 1.54) is 0 Å². The molecule has 0 fully saturated rings. The summed E-state index contributed by atoms with van der Waals surface area (Å²) in [6, 6.07) is 17.2. The highest BCUT2D eigenvalue weighted by Crippen LogP contribution is 2.30. The molecule has 0 unspecified atom stereocenters. The molecule has 2 N–H and O–H groups in total. The van der Waals surface area contributed by atoms with Crippen LogP contribution in [0.1, 0.15) is 16.2 Å². The van der Waals surface area contributed by atoms with E-state index in [0.717, 1.165) is 38.8 Å². The zero-order valence-electron chi connectivity index (χ0n) is 15.6. The lowest BCUT2D eigenvalue weighted by Crippen LogP contribution is -2.05. The van der Waals surface area contributed by atoms with Gasteiger partial charge in [-0.25, -0.2) is 9.97 Å². The number of ether oxygens (including phenoxy) is 1. The molecular weight excluding hydrogens is 366 g/mol. The molecule has 0 aliphatic rings. The summed E-state index contributed by atoms with van der Waals surface area (Å²) in [5.74, 6) is 0.832. The van der Waals surface area contributed by atoms with E-state index in [2.05, 4.69) is 25.1 Å². The molecule has 7 nitrogen and oxygen atoms in total. The van der Waals surface area contributed by atoms with Gasteiger partial charge in [0.25, 0.3) is 0 Å². The number of carbonyl (C=O) groups is 1. The molecule has 0 spiro atoms. The summed E-state index contributed by atoms with van der Waals surface area (Å²) in [5.41, 5.74) is 4.99. The molecule has 0 aliphatic heterocycles. The Morgan fingerprint density at radius 3 is 2.76 bits per heavy atom. The lowest BCUT2D eigenvalue weighted by atomic mass is 10.1. The molecule has 5 rings (SSSR count). The molecule has 0 amide bonds. The lowest BCUT2D eigenvalue weighted by Gasteiger charge is -2.01. The van der Waals surface area contributed by atoms with Crippen LogP contribution in [-0.4, -0.2) is 38.0 Å². The standard InChI is InChI=1S/C22H17N5O2/c1-29-20-10-14(7-8-23-20)21-15-11-17-18(12-16(15)26-27-21)25-22(24-17)19(28)9-13-5-3-2-4-6-13/h2-8,10-12H,9H2,1H3,(H,24,25)(H,26,27). The third-order valence-corrected chi connectivity index (χ3v) is 4.85. The number of aromatic nitrogens is 5. The first-order chi connectivity index (χ1) is 14.2. The first kappa shape index (κ1) is 17.1. The van der Waals surface area contributed by atoms with E-state index in [9.17, 15) is 4.79 Å². The Labute approximate surface area is 165 Å². The number of pyridine rings is 1. The number of nitrogens with one attached hydrogen (secondary N) is 2. The summed E-state index contributed by atoms with van der Waals surface area (Å²) in [4.78, 5) is 24.4. The van der Waals surface area contributed by atoms with Crippen LogP contribution in [0.25, 0.3) is 33.2 Å². The third-order valence-electron chi connectivity index (χ3n) is 4.85. The Balaban J connectivity index is 1.54. The zero-order chi connectivity index (χ0) is 19.8. The number of imidazole rings is 1. The average Bonchev–Trinajstić information content (AvgIpc) is 3.36. The summed E-state index contributed by atoms with van der Waals surface area (Å²) < 4.78 is 5.21. The number of benzene rings is 2. The minimum atomic E-state index is -0.0479. The van der Waals surface area contributed by atoms with Gasteiger partial charge in [-0.2, -0.15) is 5.10 Å². The SMILES string of the molecule is COc1cc(-c2n[nH]c3cc4[nH]c(C(=O)Cc5ccccc5)nc4cc23)ccn1. The van der Waals surface area contributed by atoms with Crippen molar-refractivity contribution < 1.29 is 9.53 Å². The fourth-order valence-corrected chi connectivity index (χ4v) is 3.41. The van der Waals surface area contributed by atoms with Crippen LogP contribution in [-0.2, 0) is 6.42 Å². The van der Waals surface area contributed by atoms with E-state index < -0.39 is 0 Å². The number of methoxy groups -OCH3 is 1. The number of Topliss-reactive ketones (excluding diaryl/α,β-unsaturated/α-hetero) is 1. The minimum Gasteiger partial charge on any atom is -0.481 e. The van der Waals surface area contributed by atoms with Crippen molar-refractivity contribution in [2.24, 2.45) is 0 Å². The third kappa shape index (κ3) is 3.12. The second-order valence-electron chi connectivity index (χ2n) is 6.74. The molecule has 0 aliphatic carbocycles. The second kappa shape index (κ2) is 6.87. The number of H-pyrrole nitrogens is 2. The van der Waals surface area contributed by atoms with Crippen LogP contribution in [0.2, 0.25) is 0 Å². The fourth-order valence-electron chi connectivity index (χ4n) is 3.41. The number of nitrogens with zero attached hydrogens (tertiary/aromatic N) is 3. The lowest BCUT2D eigenvalue weighted by molar-refractivity contribution is 0.0984. The highest BCUT2D eigenvalue weighted by Gasteiger charge is 2.15. The van der Waals surface area contributed by atoms with Crippen LogP contribution in [0.15, 0.2) is 60.8 Å². The Morgan fingerprint density at radius 2 is 1.93 bits per heavy atom. The summed E-state index contributed by atoms with van der Waals surface area (Å²) in [7, 11) is 1.58. The van der Waals surface area contributed by atoms with Crippen molar-refractivity contribution in [2.75, 3.05) is 7.11 Å². The van der Waals surface area contributed by atoms with E-state index in [1.54, 1.807) is 13.3 Å². The van der Waals surface area contributed by atoms with Crippen LogP contribution in [0.4, 0.5) is 0 Å². The number of rotatable bonds is 5. The van der Waals surface area contributed by atoms with Gasteiger partial charge in [-0.3, -0.25) is 9.89 Å². The normalized spacial score (nSPS) is 11.2. The zero-order valence-corrected chi connectivity index (χ0v) is 15.6. The molecule has 29 heavy (non-hydrogen) atoms. The maximum absolute atomic E-state index is 12.6. The van der Waals surface area contributed by atoms with E-state index in [-0.39, 0.29) is 5.78 Å². The van der Waals surface area contributed by atoms with Crippen molar-refractivity contribution in [2.45, 2.75) is 6.42 Å². The van der Waals surface area contributed by atoms with Gasteiger partial charge in [-0.05, 0) is 23.8 Å². The Hall–Kier alpha value is -4.00. The highest BCUT2D eigenvalue weighted by molar-refractivity contribution is 6.03. The van der Waals surface area contributed by atoms with Crippen molar-refractivity contribution in [3.8, 4) is 17.1 Å². The van der Waals surface area contributed by atoms with Crippen molar-refractivity contribution in [1.82, 2.24) is 25.1 Å². The maximum Gasteiger partial charge on any atom is 0.213 e. The molecule has 0 atom stereocenters. The van der Waals surface area contributed by atoms with Crippen molar-refractivity contribution in [3.63, 3.8) is 0 Å². The van der Waals surface area contributed by atoms with Crippen LogP contribution in [0.3, 0.4) is 0 Å². The largest absolute Gasteiger partial charge is 0.481 e. The number of carbonyl (C=O) groups excluding carboxylic acids is 1. The van der Waals surface area contributed by atoms with Crippen molar-refractivity contribution >= 4 is 27.7 Å². The predicted octanol–water partition coefficient (Wildman–Crippen LogP) is 3.94. The average molecular weight is 383 g/mol. The predicted molar refractivity (Wildman–Crippen MR) is 110 cm³/mol. The van der Waals surface area contributed by atoms with Gasteiger partial charge in [0.2, 0.25) is 11.7 Å². The topological polar surface area (TPSA) is 96.5 Å². The van der Waals surface area contributed by atoms with Gasteiger partial charge < -0.3 is 9.72 Å². The van der Waals surface area contributed by atoms with E-state index in [1.807, 2.05) is 54.6 Å². The molecule has 5 aromatic rings. The van der Waals surface area contributed by atoms with Crippen molar-refractivity contribution in [3.05, 3.63) is 72.2 Å². The summed E-state index contributed by atoms with van der Waals surface area (Å²) in [6.07, 6.45) is 1.99. The molecule has 3 aromatic heterocycles. The molecule has 0 saturated carbocycles. The monoisotopic (exact) mass is 383 g/mol. The molecule has 3 heterocycles. The molecule has 142 valence electrons. The number of fused-ring (bicyclic) bond motifs is 2. The number of hydrogen-bond acceptors (Lipinski definition) is 5. The van der Waals surface area contributed by atoms with E-state index >= 15 is 0 Å². The minimum absolute atomic E-state index is 0.0479. The first-order valence-corrected chi connectivity index (χ1v) is 9.16. The van der Waals surface area contributed by atoms with E-state index in [0.29, 0.717) is 18.1 Å². The first-order valence-electron chi connectivity index (χ1n) is 9.16. The number of hydrogen-bond donors (Lipinski definition) is 2. The smallest absolute Gasteiger partial charge is 0.213 e. The van der Waals surface area contributed by atoms with E-state index in [4.69, 9.17) is 4.74 Å². The van der Waals surface area contributed by atoms with Gasteiger partial charge in [-0.1, -0.05) is 30.3 Å². The molecule has 0 bridgehead atoms. The molecule has 0 radical (unpaired) electrons. The number of aromatic amines is 2. The maximum atomic E-state index is 12.6. The fraction of sp³-hybridized carbons (Fsp3) is 0.0909. The van der Waals surface area contributed by atoms with Gasteiger partial charge in [0.05, 0.1) is 23.7 Å². The number of ketones is 1.